The minimum Gasteiger partial charge on any atom is -0.318 e. The van der Waals surface area contributed by atoms with Crippen LogP contribution < -0.4 is 0 Å². The maximum absolute atomic E-state index is 12.8. The molecular formula is C22H21ClN4O. The third kappa shape index (κ3) is 3.51. The Kier molecular flexibility index (Phi) is 5.26. The molecule has 28 heavy (non-hydrogen) atoms. The molecule has 0 bridgehead atoms. The van der Waals surface area contributed by atoms with E-state index in [-0.39, 0.29) is 5.57 Å². The third-order valence-corrected chi connectivity index (χ3v) is 5.14. The normalized spacial score (nSPS) is 11.5. The lowest BCUT2D eigenvalue weighted by Gasteiger charge is -2.11. The van der Waals surface area contributed by atoms with Crippen molar-refractivity contribution in [2.24, 2.45) is 0 Å². The zero-order valence-electron chi connectivity index (χ0n) is 16.5. The van der Waals surface area contributed by atoms with Crippen LogP contribution in [0.4, 0.5) is 0 Å². The van der Waals surface area contributed by atoms with E-state index < -0.39 is 5.91 Å². The lowest BCUT2D eigenvalue weighted by atomic mass is 10.1. The maximum Gasteiger partial charge on any atom is 0.289 e. The van der Waals surface area contributed by atoms with Gasteiger partial charge < -0.3 is 4.57 Å². The molecule has 0 unspecified atom stereocenters. The van der Waals surface area contributed by atoms with E-state index in [1.54, 1.807) is 19.1 Å². The van der Waals surface area contributed by atoms with Gasteiger partial charge in [0.25, 0.3) is 5.91 Å². The van der Waals surface area contributed by atoms with Crippen molar-refractivity contribution in [2.45, 2.75) is 34.6 Å². The van der Waals surface area contributed by atoms with Crippen LogP contribution in [0.25, 0.3) is 11.8 Å². The van der Waals surface area contributed by atoms with Crippen LogP contribution in [0.3, 0.4) is 0 Å². The zero-order valence-corrected chi connectivity index (χ0v) is 17.3. The van der Waals surface area contributed by atoms with Gasteiger partial charge in [0, 0.05) is 27.8 Å². The van der Waals surface area contributed by atoms with Crippen molar-refractivity contribution < 1.29 is 4.79 Å². The first-order valence-electron chi connectivity index (χ1n) is 8.88. The van der Waals surface area contributed by atoms with Crippen LogP contribution in [0.5, 0.6) is 0 Å². The second kappa shape index (κ2) is 7.49. The fraction of sp³-hybridized carbons (Fsp3) is 0.227. The second-order valence-corrected chi connectivity index (χ2v) is 7.32. The van der Waals surface area contributed by atoms with Crippen LogP contribution in [0, 0.1) is 45.9 Å². The fourth-order valence-electron chi connectivity index (χ4n) is 3.30. The summed E-state index contributed by atoms with van der Waals surface area (Å²) in [6.45, 7) is 9.49. The smallest absolute Gasteiger partial charge is 0.289 e. The number of nitrogens with zero attached hydrogens (tertiary/aromatic N) is 4. The maximum atomic E-state index is 12.8. The topological polar surface area (TPSA) is 63.6 Å². The van der Waals surface area contributed by atoms with Crippen LogP contribution in [-0.4, -0.2) is 20.3 Å². The van der Waals surface area contributed by atoms with Crippen LogP contribution in [-0.2, 0) is 0 Å². The number of halogens is 1. The number of carbonyl (C=O) groups excluding carboxylic acids is 1. The molecule has 0 aliphatic carbocycles. The molecule has 3 rings (SSSR count). The van der Waals surface area contributed by atoms with Gasteiger partial charge in [-0.25, -0.2) is 4.68 Å². The van der Waals surface area contributed by atoms with Gasteiger partial charge in [0.2, 0.25) is 0 Å². The number of aryl methyl sites for hydroxylation is 4. The molecule has 0 N–H and O–H groups in total. The molecule has 0 saturated heterocycles. The van der Waals surface area contributed by atoms with Crippen LogP contribution in [0.2, 0.25) is 5.02 Å². The van der Waals surface area contributed by atoms with Crippen molar-refractivity contribution in [3.05, 3.63) is 74.8 Å². The molecule has 0 radical (unpaired) electrons. The first-order chi connectivity index (χ1) is 13.2. The summed E-state index contributed by atoms with van der Waals surface area (Å²) in [4.78, 5) is 12.8. The number of allylic oxidation sites excluding steroid dienone is 1. The summed E-state index contributed by atoms with van der Waals surface area (Å²) in [7, 11) is 0. The number of aromatic nitrogens is 3. The van der Waals surface area contributed by atoms with Gasteiger partial charge in [-0.1, -0.05) is 17.7 Å². The predicted molar refractivity (Wildman–Crippen MR) is 111 cm³/mol. The van der Waals surface area contributed by atoms with Crippen LogP contribution in [0.15, 0.2) is 35.9 Å². The highest BCUT2D eigenvalue weighted by molar-refractivity contribution is 6.31. The molecule has 0 aliphatic heterocycles. The third-order valence-electron chi connectivity index (χ3n) is 4.74. The summed E-state index contributed by atoms with van der Waals surface area (Å²) in [6.07, 6.45) is 1.62. The average molecular weight is 393 g/mol. The van der Waals surface area contributed by atoms with Gasteiger partial charge in [-0.2, -0.15) is 10.4 Å². The number of hydrogen-bond donors (Lipinski definition) is 0. The Morgan fingerprint density at radius 1 is 1.11 bits per heavy atom. The standard InChI is InChI=1S/C22H21ClN4O/c1-13-6-7-20(11-21(13)23)26-15(3)9-18(17(26)5)10-19(12-24)22(28)27-16(4)8-14(2)25-27/h6-11H,1-5H3/b19-10+. The lowest BCUT2D eigenvalue weighted by molar-refractivity contribution is 0.0943. The van der Waals surface area contributed by atoms with Gasteiger partial charge in [0.15, 0.2) is 0 Å². The molecule has 0 saturated carbocycles. The van der Waals surface area contributed by atoms with Gasteiger partial charge >= 0.3 is 0 Å². The lowest BCUT2D eigenvalue weighted by Crippen LogP contribution is -2.15. The predicted octanol–water partition coefficient (Wildman–Crippen LogP) is 5.12. The zero-order chi connectivity index (χ0) is 20.6. The van der Waals surface area contributed by atoms with Crippen molar-refractivity contribution in [1.82, 2.24) is 14.3 Å². The molecular weight excluding hydrogens is 372 g/mol. The summed E-state index contributed by atoms with van der Waals surface area (Å²) >= 11 is 6.29. The Hall–Kier alpha value is -3.10. The second-order valence-electron chi connectivity index (χ2n) is 6.91. The molecule has 0 aliphatic rings. The van der Waals surface area contributed by atoms with Crippen molar-refractivity contribution in [1.29, 1.82) is 5.26 Å². The Morgan fingerprint density at radius 3 is 2.39 bits per heavy atom. The van der Waals surface area contributed by atoms with Gasteiger partial charge in [0.1, 0.15) is 11.6 Å². The van der Waals surface area contributed by atoms with E-state index in [1.165, 1.54) is 4.68 Å². The first kappa shape index (κ1) is 19.7. The SMILES string of the molecule is Cc1cc(C)n(C(=O)/C(C#N)=C/c2cc(C)n(-c3ccc(C)c(Cl)c3)c2C)n1. The molecule has 0 amide bonds. The summed E-state index contributed by atoms with van der Waals surface area (Å²) < 4.78 is 3.32. The van der Waals surface area contributed by atoms with E-state index in [2.05, 4.69) is 9.67 Å². The number of hydrogen-bond acceptors (Lipinski definition) is 3. The Bertz CT molecular complexity index is 1160. The minimum absolute atomic E-state index is 0.0355. The van der Waals surface area contributed by atoms with E-state index in [0.717, 1.165) is 33.9 Å². The van der Waals surface area contributed by atoms with Crippen molar-refractivity contribution >= 4 is 23.6 Å². The highest BCUT2D eigenvalue weighted by Crippen LogP contribution is 2.26. The Morgan fingerprint density at radius 2 is 1.82 bits per heavy atom. The minimum atomic E-state index is -0.434. The van der Waals surface area contributed by atoms with E-state index in [4.69, 9.17) is 11.6 Å². The fourth-order valence-corrected chi connectivity index (χ4v) is 3.47. The monoisotopic (exact) mass is 392 g/mol. The summed E-state index contributed by atoms with van der Waals surface area (Å²) in [5, 5.41) is 14.4. The van der Waals surface area contributed by atoms with Crippen LogP contribution in [0.1, 0.15) is 38.7 Å². The molecule has 2 aromatic heterocycles. The number of nitriles is 1. The molecule has 2 heterocycles. The van der Waals surface area contributed by atoms with E-state index in [9.17, 15) is 10.1 Å². The highest BCUT2D eigenvalue weighted by Gasteiger charge is 2.17. The molecule has 3 aromatic rings. The average Bonchev–Trinajstić information content (AvgIpc) is 3.12. The largest absolute Gasteiger partial charge is 0.318 e. The summed E-state index contributed by atoms with van der Waals surface area (Å²) in [6, 6.07) is 11.7. The molecule has 0 fully saturated rings. The first-order valence-corrected chi connectivity index (χ1v) is 9.26. The quantitative estimate of drug-likeness (QED) is 0.459. The molecule has 0 spiro atoms. The van der Waals surface area contributed by atoms with Gasteiger partial charge in [-0.3, -0.25) is 4.79 Å². The van der Waals surface area contributed by atoms with E-state index in [1.807, 2.05) is 58.0 Å². The van der Waals surface area contributed by atoms with Crippen molar-refractivity contribution in [3.63, 3.8) is 0 Å². The number of benzene rings is 1. The Labute approximate surface area is 169 Å². The van der Waals surface area contributed by atoms with Crippen LogP contribution >= 0.6 is 11.6 Å². The van der Waals surface area contributed by atoms with Gasteiger partial charge in [-0.05, 0) is 76.1 Å². The molecule has 1 aromatic carbocycles. The summed E-state index contributed by atoms with van der Waals surface area (Å²) in [5.74, 6) is -0.434. The number of rotatable bonds is 3. The summed E-state index contributed by atoms with van der Waals surface area (Å²) in [5.41, 5.74) is 6.13. The molecule has 142 valence electrons. The van der Waals surface area contributed by atoms with Gasteiger partial charge in [-0.15, -0.1) is 0 Å². The van der Waals surface area contributed by atoms with E-state index >= 15 is 0 Å². The van der Waals surface area contributed by atoms with Crippen molar-refractivity contribution in [2.75, 3.05) is 0 Å². The molecule has 0 atom stereocenters. The Balaban J connectivity index is 2.06. The van der Waals surface area contributed by atoms with Gasteiger partial charge in [0.05, 0.1) is 5.69 Å². The molecule has 6 heteroatoms. The molecule has 5 nitrogen and oxygen atoms in total. The highest BCUT2D eigenvalue weighted by atomic mass is 35.5. The van der Waals surface area contributed by atoms with E-state index in [0.29, 0.717) is 10.7 Å². The number of carbonyl (C=O) groups is 1. The van der Waals surface area contributed by atoms with Crippen molar-refractivity contribution in [3.8, 4) is 11.8 Å².